The summed E-state index contributed by atoms with van der Waals surface area (Å²) in [6, 6.07) is 6.51. The first kappa shape index (κ1) is 16.0. The molecule has 0 bridgehead atoms. The fourth-order valence-corrected chi connectivity index (χ4v) is 4.24. The van der Waals surface area contributed by atoms with Crippen LogP contribution in [0.25, 0.3) is 0 Å². The summed E-state index contributed by atoms with van der Waals surface area (Å²) in [5, 5.41) is 18.4. The highest BCUT2D eigenvalue weighted by Gasteiger charge is 2.34. The van der Waals surface area contributed by atoms with E-state index in [1.807, 2.05) is 6.07 Å². The van der Waals surface area contributed by atoms with Crippen LogP contribution in [-0.4, -0.2) is 26.7 Å². The quantitative estimate of drug-likeness (QED) is 0.866. The Labute approximate surface area is 125 Å². The van der Waals surface area contributed by atoms with Gasteiger partial charge < -0.3 is 5.11 Å². The molecule has 6 heteroatoms. The third kappa shape index (κ3) is 3.43. The molecular formula is C15H20N2O3S. The van der Waals surface area contributed by atoms with Crippen molar-refractivity contribution in [1.29, 1.82) is 5.26 Å². The van der Waals surface area contributed by atoms with E-state index in [4.69, 9.17) is 5.26 Å². The number of hydrogen-bond acceptors (Lipinski definition) is 4. The Kier molecular flexibility index (Phi) is 4.67. The van der Waals surface area contributed by atoms with Gasteiger partial charge in [0, 0.05) is 18.6 Å². The lowest BCUT2D eigenvalue weighted by Gasteiger charge is -2.26. The van der Waals surface area contributed by atoms with Gasteiger partial charge in [0.05, 0.1) is 16.5 Å². The summed E-state index contributed by atoms with van der Waals surface area (Å²) in [6.07, 6.45) is 3.74. The van der Waals surface area contributed by atoms with Crippen molar-refractivity contribution in [3.63, 3.8) is 0 Å². The van der Waals surface area contributed by atoms with Gasteiger partial charge in [0.2, 0.25) is 10.0 Å². The van der Waals surface area contributed by atoms with Gasteiger partial charge >= 0.3 is 0 Å². The molecule has 0 aromatic heterocycles. The van der Waals surface area contributed by atoms with Gasteiger partial charge in [-0.05, 0) is 43.5 Å². The van der Waals surface area contributed by atoms with Gasteiger partial charge in [-0.25, -0.2) is 13.1 Å². The Balaban J connectivity index is 2.17. The Morgan fingerprint density at radius 3 is 2.57 bits per heavy atom. The maximum atomic E-state index is 12.4. The van der Waals surface area contributed by atoms with Gasteiger partial charge in [-0.2, -0.15) is 5.26 Å². The minimum absolute atomic E-state index is 0.00186. The first-order valence-corrected chi connectivity index (χ1v) is 8.52. The van der Waals surface area contributed by atoms with Gasteiger partial charge in [-0.3, -0.25) is 0 Å². The Morgan fingerprint density at radius 2 is 2.05 bits per heavy atom. The number of nitrogens with one attached hydrogen (secondary N) is 1. The summed E-state index contributed by atoms with van der Waals surface area (Å²) < 4.78 is 27.4. The summed E-state index contributed by atoms with van der Waals surface area (Å²) in [5.74, 6) is 0. The lowest BCUT2D eigenvalue weighted by atomic mass is 9.88. The molecule has 21 heavy (non-hydrogen) atoms. The normalized spacial score (nSPS) is 17.6. The highest BCUT2D eigenvalue weighted by Crippen LogP contribution is 2.37. The molecule has 0 radical (unpaired) electrons. The van der Waals surface area contributed by atoms with E-state index >= 15 is 0 Å². The molecule has 1 aromatic rings. The Bertz CT molecular complexity index is 656. The van der Waals surface area contributed by atoms with Gasteiger partial charge in [0.15, 0.2) is 0 Å². The van der Waals surface area contributed by atoms with Crippen molar-refractivity contribution in [3.8, 4) is 6.07 Å². The average molecular weight is 308 g/mol. The monoisotopic (exact) mass is 308 g/mol. The van der Waals surface area contributed by atoms with Crippen LogP contribution in [0, 0.1) is 23.7 Å². The van der Waals surface area contributed by atoms with E-state index in [9.17, 15) is 13.5 Å². The number of aliphatic hydroxyl groups is 1. The standard InChI is InChI=1S/C15H20N2O3S/c1-12-8-13(9-16)4-5-14(12)21(19,20)17-10-15(11-18)6-2-3-7-15/h4-5,8,17-18H,2-3,6-7,10-11H2,1H3. The molecule has 0 amide bonds. The second-order valence-corrected chi connectivity index (χ2v) is 7.52. The van der Waals surface area contributed by atoms with Crippen LogP contribution in [0.1, 0.15) is 36.8 Å². The zero-order chi connectivity index (χ0) is 15.5. The van der Waals surface area contributed by atoms with Crippen LogP contribution in [0.3, 0.4) is 0 Å². The molecule has 2 rings (SSSR count). The molecule has 2 N–H and O–H groups in total. The third-order valence-corrected chi connectivity index (χ3v) is 5.79. The number of rotatable bonds is 5. The second kappa shape index (κ2) is 6.14. The smallest absolute Gasteiger partial charge is 0.240 e. The third-order valence-electron chi connectivity index (χ3n) is 4.23. The van der Waals surface area contributed by atoms with E-state index in [2.05, 4.69) is 4.72 Å². The minimum atomic E-state index is -3.62. The van der Waals surface area contributed by atoms with Crippen molar-refractivity contribution in [3.05, 3.63) is 29.3 Å². The fraction of sp³-hybridized carbons (Fsp3) is 0.533. The van der Waals surface area contributed by atoms with E-state index < -0.39 is 10.0 Å². The van der Waals surface area contributed by atoms with Crippen molar-refractivity contribution in [2.45, 2.75) is 37.5 Å². The van der Waals surface area contributed by atoms with Crippen molar-refractivity contribution in [2.75, 3.05) is 13.2 Å². The largest absolute Gasteiger partial charge is 0.396 e. The highest BCUT2D eigenvalue weighted by molar-refractivity contribution is 7.89. The molecule has 0 saturated heterocycles. The zero-order valence-corrected chi connectivity index (χ0v) is 12.9. The molecule has 1 aliphatic carbocycles. The molecule has 1 aromatic carbocycles. The zero-order valence-electron chi connectivity index (χ0n) is 12.1. The van der Waals surface area contributed by atoms with Crippen LogP contribution in [0.4, 0.5) is 0 Å². The Morgan fingerprint density at radius 1 is 1.38 bits per heavy atom. The summed E-state index contributed by atoms with van der Waals surface area (Å²) in [7, 11) is -3.62. The first-order valence-electron chi connectivity index (χ1n) is 7.04. The van der Waals surface area contributed by atoms with Crippen LogP contribution in [0.2, 0.25) is 0 Å². The average Bonchev–Trinajstić information content (AvgIpc) is 2.94. The molecule has 0 aliphatic heterocycles. The maximum absolute atomic E-state index is 12.4. The van der Waals surface area contributed by atoms with E-state index in [1.165, 1.54) is 12.1 Å². The van der Waals surface area contributed by atoms with E-state index in [0.29, 0.717) is 11.1 Å². The predicted octanol–water partition coefficient (Wildman–Crippen LogP) is 1.70. The lowest BCUT2D eigenvalue weighted by molar-refractivity contribution is 0.134. The van der Waals surface area contributed by atoms with Gasteiger partial charge in [0.25, 0.3) is 0 Å². The van der Waals surface area contributed by atoms with Crippen molar-refractivity contribution < 1.29 is 13.5 Å². The number of aliphatic hydroxyl groups excluding tert-OH is 1. The number of nitrogens with zero attached hydrogens (tertiary/aromatic N) is 1. The van der Waals surface area contributed by atoms with Crippen LogP contribution < -0.4 is 4.72 Å². The van der Waals surface area contributed by atoms with Gasteiger partial charge in [-0.1, -0.05) is 12.8 Å². The summed E-state index contributed by atoms with van der Waals surface area (Å²) in [4.78, 5) is 0.188. The van der Waals surface area contributed by atoms with Crippen molar-refractivity contribution >= 4 is 10.0 Å². The maximum Gasteiger partial charge on any atom is 0.240 e. The summed E-state index contributed by atoms with van der Waals surface area (Å²) in [6.45, 7) is 1.93. The van der Waals surface area contributed by atoms with E-state index in [1.54, 1.807) is 13.0 Å². The molecule has 114 valence electrons. The van der Waals surface area contributed by atoms with Crippen molar-refractivity contribution in [1.82, 2.24) is 4.72 Å². The number of benzene rings is 1. The minimum Gasteiger partial charge on any atom is -0.396 e. The van der Waals surface area contributed by atoms with Gasteiger partial charge in [-0.15, -0.1) is 0 Å². The van der Waals surface area contributed by atoms with E-state index in [0.717, 1.165) is 25.7 Å². The molecule has 0 unspecified atom stereocenters. The molecule has 0 spiro atoms. The SMILES string of the molecule is Cc1cc(C#N)ccc1S(=O)(=O)NCC1(CO)CCCC1. The lowest BCUT2D eigenvalue weighted by Crippen LogP contribution is -2.38. The first-order chi connectivity index (χ1) is 9.92. The summed E-state index contributed by atoms with van der Waals surface area (Å²) >= 11 is 0. The topological polar surface area (TPSA) is 90.2 Å². The van der Waals surface area contributed by atoms with Crippen LogP contribution >= 0.6 is 0 Å². The Hall–Kier alpha value is -1.42. The molecule has 0 heterocycles. The highest BCUT2D eigenvalue weighted by atomic mass is 32.2. The summed E-state index contributed by atoms with van der Waals surface area (Å²) in [5.41, 5.74) is 0.660. The van der Waals surface area contributed by atoms with E-state index in [-0.39, 0.29) is 23.5 Å². The van der Waals surface area contributed by atoms with Crippen LogP contribution in [0.15, 0.2) is 23.1 Å². The number of sulfonamides is 1. The molecule has 0 atom stereocenters. The molecule has 5 nitrogen and oxygen atoms in total. The van der Waals surface area contributed by atoms with Crippen LogP contribution in [-0.2, 0) is 10.0 Å². The predicted molar refractivity (Wildman–Crippen MR) is 79.1 cm³/mol. The molecule has 1 aliphatic rings. The molecule has 1 fully saturated rings. The number of hydrogen-bond donors (Lipinski definition) is 2. The van der Waals surface area contributed by atoms with Crippen molar-refractivity contribution in [2.24, 2.45) is 5.41 Å². The van der Waals surface area contributed by atoms with Crippen LogP contribution in [0.5, 0.6) is 0 Å². The van der Waals surface area contributed by atoms with Gasteiger partial charge in [0.1, 0.15) is 0 Å². The fourth-order valence-electron chi connectivity index (χ4n) is 2.86. The number of nitriles is 1. The molecular weight excluding hydrogens is 288 g/mol. The number of aryl methyl sites for hydroxylation is 1. The molecule has 1 saturated carbocycles. The second-order valence-electron chi connectivity index (χ2n) is 5.78.